The van der Waals surface area contributed by atoms with Crippen LogP contribution in [0.15, 0.2) is 41.3 Å². The summed E-state index contributed by atoms with van der Waals surface area (Å²) in [7, 11) is 0. The second kappa shape index (κ2) is 5.25. The number of carbonyl (C=O) groups is 1. The molecule has 0 aliphatic carbocycles. The molecule has 0 aliphatic rings. The van der Waals surface area contributed by atoms with Crippen molar-refractivity contribution in [3.63, 3.8) is 0 Å². The van der Waals surface area contributed by atoms with Gasteiger partial charge in [-0.25, -0.2) is 9.97 Å². The van der Waals surface area contributed by atoms with Crippen molar-refractivity contribution < 1.29 is 4.79 Å². The van der Waals surface area contributed by atoms with Crippen molar-refractivity contribution in [1.29, 1.82) is 0 Å². The lowest BCUT2D eigenvalue weighted by molar-refractivity contribution is 0.102. The van der Waals surface area contributed by atoms with Gasteiger partial charge in [0.2, 0.25) is 0 Å². The fourth-order valence-corrected chi connectivity index (χ4v) is 1.74. The normalized spacial score (nSPS) is 10.0. The number of amides is 1. The molecule has 86 valence electrons. The first-order valence-electron chi connectivity index (χ1n) is 4.70. The molecule has 0 saturated heterocycles. The van der Waals surface area contributed by atoms with Crippen LogP contribution in [0.25, 0.3) is 0 Å². The first kappa shape index (κ1) is 12.0. The molecule has 4 nitrogen and oxygen atoms in total. The molecule has 0 spiro atoms. The summed E-state index contributed by atoms with van der Waals surface area (Å²) >= 11 is 8.96. The van der Waals surface area contributed by atoms with Crippen LogP contribution < -0.4 is 5.32 Å². The number of hydrogen-bond acceptors (Lipinski definition) is 3. The number of nitrogens with zero attached hydrogens (tertiary/aromatic N) is 2. The molecule has 2 aromatic rings. The first-order valence-corrected chi connectivity index (χ1v) is 5.87. The molecule has 0 bridgehead atoms. The lowest BCUT2D eigenvalue weighted by Gasteiger charge is -2.06. The highest BCUT2D eigenvalue weighted by Crippen LogP contribution is 2.19. The predicted octanol–water partition coefficient (Wildman–Crippen LogP) is 3.14. The SMILES string of the molecule is O=C(Nc1cccnc1Br)c1ccnc(Cl)c1. The van der Waals surface area contributed by atoms with Crippen LogP contribution in [-0.2, 0) is 0 Å². The third kappa shape index (κ3) is 3.01. The Hall–Kier alpha value is -1.46. The minimum absolute atomic E-state index is 0.261. The van der Waals surface area contributed by atoms with E-state index in [2.05, 4.69) is 31.2 Å². The lowest BCUT2D eigenvalue weighted by atomic mass is 10.2. The third-order valence-corrected chi connectivity index (χ3v) is 2.83. The zero-order valence-electron chi connectivity index (χ0n) is 8.52. The van der Waals surface area contributed by atoms with Crippen molar-refractivity contribution >= 4 is 39.1 Å². The van der Waals surface area contributed by atoms with Crippen LogP contribution in [0.4, 0.5) is 5.69 Å². The zero-order valence-corrected chi connectivity index (χ0v) is 10.9. The van der Waals surface area contributed by atoms with Gasteiger partial charge >= 0.3 is 0 Å². The van der Waals surface area contributed by atoms with Gasteiger partial charge in [-0.3, -0.25) is 4.79 Å². The maximum absolute atomic E-state index is 11.9. The van der Waals surface area contributed by atoms with Gasteiger partial charge < -0.3 is 5.32 Å². The molecular formula is C11H7BrClN3O. The quantitative estimate of drug-likeness (QED) is 0.867. The van der Waals surface area contributed by atoms with Crippen molar-refractivity contribution in [3.8, 4) is 0 Å². The average Bonchev–Trinajstić information content (AvgIpc) is 2.32. The molecule has 0 unspecified atom stereocenters. The molecule has 2 heterocycles. The van der Waals surface area contributed by atoms with E-state index in [0.717, 1.165) is 0 Å². The lowest BCUT2D eigenvalue weighted by Crippen LogP contribution is -2.12. The molecule has 0 atom stereocenters. The second-order valence-corrected chi connectivity index (χ2v) is 4.30. The Kier molecular flexibility index (Phi) is 3.71. The molecule has 6 heteroatoms. The average molecular weight is 313 g/mol. The van der Waals surface area contributed by atoms with E-state index in [0.29, 0.717) is 15.9 Å². The Morgan fingerprint density at radius 1 is 1.29 bits per heavy atom. The number of pyridine rings is 2. The van der Waals surface area contributed by atoms with E-state index < -0.39 is 0 Å². The van der Waals surface area contributed by atoms with Gasteiger partial charge in [-0.15, -0.1) is 0 Å². The van der Waals surface area contributed by atoms with Crippen LogP contribution in [0.5, 0.6) is 0 Å². The Balaban J connectivity index is 2.20. The van der Waals surface area contributed by atoms with Gasteiger partial charge in [-0.1, -0.05) is 11.6 Å². The number of carbonyl (C=O) groups excluding carboxylic acids is 1. The van der Waals surface area contributed by atoms with Crippen LogP contribution in [0, 0.1) is 0 Å². The minimum atomic E-state index is -0.261. The summed E-state index contributed by atoms with van der Waals surface area (Å²) < 4.78 is 0.577. The van der Waals surface area contributed by atoms with Crippen molar-refractivity contribution in [2.45, 2.75) is 0 Å². The molecule has 2 aromatic heterocycles. The van der Waals surface area contributed by atoms with Crippen LogP contribution in [0.2, 0.25) is 5.15 Å². The molecular weight excluding hydrogens is 305 g/mol. The van der Waals surface area contributed by atoms with E-state index in [4.69, 9.17) is 11.6 Å². The van der Waals surface area contributed by atoms with Crippen LogP contribution in [0.3, 0.4) is 0 Å². The fraction of sp³-hybridized carbons (Fsp3) is 0. The number of halogens is 2. The van der Waals surface area contributed by atoms with Gasteiger partial charge in [0, 0.05) is 18.0 Å². The molecule has 17 heavy (non-hydrogen) atoms. The minimum Gasteiger partial charge on any atom is -0.320 e. The van der Waals surface area contributed by atoms with Crippen LogP contribution in [0.1, 0.15) is 10.4 Å². The van der Waals surface area contributed by atoms with Crippen LogP contribution >= 0.6 is 27.5 Å². The van der Waals surface area contributed by atoms with Gasteiger partial charge in [0.25, 0.3) is 5.91 Å². The Bertz CT molecular complexity index is 562. The summed E-state index contributed by atoms with van der Waals surface area (Å²) in [6.07, 6.45) is 3.11. The monoisotopic (exact) mass is 311 g/mol. The van der Waals surface area contributed by atoms with Gasteiger partial charge in [0.1, 0.15) is 9.76 Å². The smallest absolute Gasteiger partial charge is 0.255 e. The number of anilines is 1. The predicted molar refractivity (Wildman–Crippen MR) is 69.1 cm³/mol. The van der Waals surface area contributed by atoms with Crippen LogP contribution in [-0.4, -0.2) is 15.9 Å². The number of hydrogen-bond donors (Lipinski definition) is 1. The Morgan fingerprint density at radius 3 is 2.82 bits per heavy atom. The van der Waals surface area contributed by atoms with Gasteiger partial charge in [-0.2, -0.15) is 0 Å². The van der Waals surface area contributed by atoms with E-state index in [-0.39, 0.29) is 11.1 Å². The molecule has 0 fully saturated rings. The molecule has 0 saturated carbocycles. The summed E-state index contributed by atoms with van der Waals surface area (Å²) in [4.78, 5) is 19.7. The highest BCUT2D eigenvalue weighted by molar-refractivity contribution is 9.10. The zero-order chi connectivity index (χ0) is 12.3. The van der Waals surface area contributed by atoms with Crippen molar-refractivity contribution in [3.05, 3.63) is 52.0 Å². The van der Waals surface area contributed by atoms with E-state index in [1.165, 1.54) is 12.3 Å². The molecule has 0 aliphatic heterocycles. The number of aromatic nitrogens is 2. The highest BCUT2D eigenvalue weighted by atomic mass is 79.9. The second-order valence-electron chi connectivity index (χ2n) is 3.16. The topological polar surface area (TPSA) is 54.9 Å². The van der Waals surface area contributed by atoms with E-state index in [1.54, 1.807) is 24.4 Å². The summed E-state index contributed by atoms with van der Waals surface area (Å²) in [5, 5.41) is 3.00. The van der Waals surface area contributed by atoms with Crippen molar-refractivity contribution in [1.82, 2.24) is 9.97 Å². The molecule has 2 rings (SSSR count). The number of rotatable bonds is 2. The highest BCUT2D eigenvalue weighted by Gasteiger charge is 2.08. The Labute approximate surface area is 111 Å². The van der Waals surface area contributed by atoms with Gasteiger partial charge in [0.15, 0.2) is 0 Å². The van der Waals surface area contributed by atoms with Crippen molar-refractivity contribution in [2.24, 2.45) is 0 Å². The molecule has 1 amide bonds. The Morgan fingerprint density at radius 2 is 2.12 bits per heavy atom. The maximum atomic E-state index is 11.9. The van der Waals surface area contributed by atoms with E-state index in [9.17, 15) is 4.79 Å². The molecule has 0 radical (unpaired) electrons. The van der Waals surface area contributed by atoms with Gasteiger partial charge in [-0.05, 0) is 40.2 Å². The summed E-state index contributed by atoms with van der Waals surface area (Å²) in [5.74, 6) is -0.261. The molecule has 1 N–H and O–H groups in total. The van der Waals surface area contributed by atoms with Crippen molar-refractivity contribution in [2.75, 3.05) is 5.32 Å². The largest absolute Gasteiger partial charge is 0.320 e. The van der Waals surface area contributed by atoms with E-state index in [1.807, 2.05) is 0 Å². The molecule has 0 aromatic carbocycles. The number of nitrogens with one attached hydrogen (secondary N) is 1. The maximum Gasteiger partial charge on any atom is 0.255 e. The fourth-order valence-electron chi connectivity index (χ4n) is 1.22. The van der Waals surface area contributed by atoms with Gasteiger partial charge in [0.05, 0.1) is 5.69 Å². The first-order chi connectivity index (χ1) is 8.16. The van der Waals surface area contributed by atoms with E-state index >= 15 is 0 Å². The summed E-state index contributed by atoms with van der Waals surface area (Å²) in [5.41, 5.74) is 1.05. The summed E-state index contributed by atoms with van der Waals surface area (Å²) in [6, 6.07) is 6.57. The third-order valence-electron chi connectivity index (χ3n) is 2.00. The standard InChI is InChI=1S/C11H7BrClN3O/c12-10-8(2-1-4-15-10)16-11(17)7-3-5-14-9(13)6-7/h1-6H,(H,16,17). The summed E-state index contributed by atoms with van der Waals surface area (Å²) in [6.45, 7) is 0.